The van der Waals surface area contributed by atoms with Crippen molar-refractivity contribution in [1.82, 2.24) is 4.90 Å². The molecule has 0 saturated carbocycles. The number of halogens is 5. The quantitative estimate of drug-likeness (QED) is 0.513. The van der Waals surface area contributed by atoms with Crippen LogP contribution in [0, 0.1) is 10.1 Å². The molecule has 0 spiro atoms. The average Bonchev–Trinajstić information content (AvgIpc) is 2.68. The van der Waals surface area contributed by atoms with Crippen molar-refractivity contribution in [1.29, 1.82) is 0 Å². The third kappa shape index (κ3) is 5.03. The molecule has 2 aromatic rings. The van der Waals surface area contributed by atoms with Crippen LogP contribution in [0.5, 0.6) is 0 Å². The summed E-state index contributed by atoms with van der Waals surface area (Å²) in [6, 6.07) is 7.32. The first-order valence-corrected chi connectivity index (χ1v) is 9.83. The van der Waals surface area contributed by atoms with Crippen LogP contribution in [0.25, 0.3) is 0 Å². The number of anilines is 1. The fourth-order valence-corrected chi connectivity index (χ4v) is 3.98. The number of nitro benzene ring substituents is 1. The van der Waals surface area contributed by atoms with Gasteiger partial charge in [-0.25, -0.2) is 0 Å². The van der Waals surface area contributed by atoms with Gasteiger partial charge in [0.25, 0.3) is 5.69 Å². The van der Waals surface area contributed by atoms with Crippen molar-refractivity contribution < 1.29 is 22.9 Å². The van der Waals surface area contributed by atoms with Crippen LogP contribution in [0.2, 0.25) is 10.0 Å². The van der Waals surface area contributed by atoms with Crippen molar-refractivity contribution in [2.45, 2.75) is 12.2 Å². The van der Waals surface area contributed by atoms with E-state index in [-0.39, 0.29) is 18.8 Å². The molecule has 1 heterocycles. The van der Waals surface area contributed by atoms with Crippen molar-refractivity contribution in [3.05, 3.63) is 67.7 Å². The summed E-state index contributed by atoms with van der Waals surface area (Å²) in [7, 11) is 0. The molecular formula is C19H17Cl2F3N4O3. The highest BCUT2D eigenvalue weighted by molar-refractivity contribution is 6.32. The number of alkyl halides is 3. The van der Waals surface area contributed by atoms with Gasteiger partial charge in [-0.15, -0.1) is 0 Å². The SMILES string of the molecule is NC(=O)[C@@H](c1ccc(Cl)cc1)N1CCN(c2cc(Cl)c(C(F)(F)F)cc2[N+](=O)[O-])CC1. The predicted molar refractivity (Wildman–Crippen MR) is 110 cm³/mol. The van der Waals surface area contributed by atoms with E-state index in [1.165, 1.54) is 0 Å². The molecule has 2 aromatic carbocycles. The van der Waals surface area contributed by atoms with E-state index < -0.39 is 39.3 Å². The zero-order valence-corrected chi connectivity index (χ0v) is 17.4. The number of nitrogens with two attached hydrogens (primary N) is 1. The number of carbonyl (C=O) groups is 1. The van der Waals surface area contributed by atoms with Gasteiger partial charge < -0.3 is 10.6 Å². The number of carbonyl (C=O) groups excluding carboxylic acids is 1. The second kappa shape index (κ2) is 8.89. The molecule has 1 saturated heterocycles. The lowest BCUT2D eigenvalue weighted by Gasteiger charge is -2.39. The van der Waals surface area contributed by atoms with Gasteiger partial charge in [0.15, 0.2) is 0 Å². The number of hydrogen-bond acceptors (Lipinski definition) is 5. The highest BCUT2D eigenvalue weighted by Gasteiger charge is 2.37. The summed E-state index contributed by atoms with van der Waals surface area (Å²) in [5, 5.41) is 11.3. The minimum atomic E-state index is -4.81. The van der Waals surface area contributed by atoms with Gasteiger partial charge in [0.05, 0.1) is 15.5 Å². The van der Waals surface area contributed by atoms with E-state index >= 15 is 0 Å². The summed E-state index contributed by atoms with van der Waals surface area (Å²) in [5.74, 6) is -0.570. The van der Waals surface area contributed by atoms with E-state index in [1.807, 2.05) is 0 Å². The van der Waals surface area contributed by atoms with Crippen LogP contribution in [-0.4, -0.2) is 41.9 Å². The Labute approximate surface area is 185 Å². The van der Waals surface area contributed by atoms with Gasteiger partial charge in [0, 0.05) is 37.3 Å². The Morgan fingerprint density at radius 1 is 1.10 bits per heavy atom. The minimum absolute atomic E-state index is 0.00947. The number of rotatable bonds is 5. The summed E-state index contributed by atoms with van der Waals surface area (Å²) in [6.07, 6.45) is -4.81. The first-order valence-electron chi connectivity index (χ1n) is 9.08. The van der Waals surface area contributed by atoms with Gasteiger partial charge in [0.1, 0.15) is 11.7 Å². The minimum Gasteiger partial charge on any atom is -0.368 e. The fraction of sp³-hybridized carbons (Fsp3) is 0.316. The summed E-state index contributed by atoms with van der Waals surface area (Å²) in [4.78, 5) is 26.0. The Morgan fingerprint density at radius 2 is 1.68 bits per heavy atom. The second-order valence-electron chi connectivity index (χ2n) is 6.96. The zero-order valence-electron chi connectivity index (χ0n) is 15.9. The zero-order chi connectivity index (χ0) is 22.9. The molecule has 1 fully saturated rings. The molecule has 0 aliphatic carbocycles. The normalized spacial score (nSPS) is 16.2. The van der Waals surface area contributed by atoms with Crippen molar-refractivity contribution in [2.24, 2.45) is 5.73 Å². The fourth-order valence-electron chi connectivity index (χ4n) is 3.59. The monoisotopic (exact) mass is 476 g/mol. The van der Waals surface area contributed by atoms with Gasteiger partial charge >= 0.3 is 6.18 Å². The maximum absolute atomic E-state index is 13.1. The highest BCUT2D eigenvalue weighted by atomic mass is 35.5. The Hall–Kier alpha value is -2.56. The van der Waals surface area contributed by atoms with E-state index in [0.29, 0.717) is 29.7 Å². The average molecular weight is 477 g/mol. The lowest BCUT2D eigenvalue weighted by atomic mass is 10.0. The third-order valence-electron chi connectivity index (χ3n) is 5.04. The van der Waals surface area contributed by atoms with Gasteiger partial charge in [-0.1, -0.05) is 35.3 Å². The van der Waals surface area contributed by atoms with Gasteiger partial charge in [-0.2, -0.15) is 13.2 Å². The molecule has 1 aliphatic heterocycles. The van der Waals surface area contributed by atoms with E-state index in [4.69, 9.17) is 28.9 Å². The first kappa shape index (κ1) is 23.1. The van der Waals surface area contributed by atoms with E-state index in [9.17, 15) is 28.1 Å². The van der Waals surface area contributed by atoms with E-state index in [1.54, 1.807) is 34.1 Å². The summed E-state index contributed by atoms with van der Waals surface area (Å²) in [6.45, 7) is 1.04. The molecule has 3 rings (SSSR count). The Morgan fingerprint density at radius 3 is 2.16 bits per heavy atom. The molecule has 0 bridgehead atoms. The van der Waals surface area contributed by atoms with Gasteiger partial charge in [0.2, 0.25) is 5.91 Å². The number of nitro groups is 1. The van der Waals surface area contributed by atoms with E-state index in [0.717, 1.165) is 6.07 Å². The molecule has 7 nitrogen and oxygen atoms in total. The molecule has 12 heteroatoms. The smallest absolute Gasteiger partial charge is 0.368 e. The number of hydrogen-bond donors (Lipinski definition) is 1. The van der Waals surface area contributed by atoms with Crippen LogP contribution < -0.4 is 10.6 Å². The molecule has 0 radical (unpaired) electrons. The number of primary amides is 1. The maximum Gasteiger partial charge on any atom is 0.418 e. The maximum atomic E-state index is 13.1. The highest BCUT2D eigenvalue weighted by Crippen LogP contribution is 2.41. The molecule has 166 valence electrons. The van der Waals surface area contributed by atoms with Crippen molar-refractivity contribution in [2.75, 3.05) is 31.1 Å². The van der Waals surface area contributed by atoms with Crippen molar-refractivity contribution >= 4 is 40.5 Å². The summed E-state index contributed by atoms with van der Waals surface area (Å²) < 4.78 is 39.3. The van der Waals surface area contributed by atoms with Crippen molar-refractivity contribution in [3.8, 4) is 0 Å². The lowest BCUT2D eigenvalue weighted by molar-refractivity contribution is -0.384. The van der Waals surface area contributed by atoms with Crippen LogP contribution in [0.4, 0.5) is 24.5 Å². The largest absolute Gasteiger partial charge is 0.418 e. The van der Waals surface area contributed by atoms with Crippen LogP contribution in [0.1, 0.15) is 17.2 Å². The van der Waals surface area contributed by atoms with Crippen LogP contribution in [0.3, 0.4) is 0 Å². The molecule has 31 heavy (non-hydrogen) atoms. The summed E-state index contributed by atoms with van der Waals surface area (Å²) in [5.41, 5.74) is 4.27. The Bertz CT molecular complexity index is 994. The molecule has 2 N–H and O–H groups in total. The Kier molecular flexibility index (Phi) is 6.63. The van der Waals surface area contributed by atoms with Gasteiger partial charge in [-0.05, 0) is 23.8 Å². The van der Waals surface area contributed by atoms with Crippen LogP contribution in [0.15, 0.2) is 36.4 Å². The molecule has 1 amide bonds. The molecule has 0 aromatic heterocycles. The van der Waals surface area contributed by atoms with E-state index in [2.05, 4.69) is 0 Å². The van der Waals surface area contributed by atoms with Crippen LogP contribution in [-0.2, 0) is 11.0 Å². The molecule has 1 aliphatic rings. The molecule has 0 unspecified atom stereocenters. The number of nitrogens with zero attached hydrogens (tertiary/aromatic N) is 3. The molecular weight excluding hydrogens is 460 g/mol. The number of amides is 1. The van der Waals surface area contributed by atoms with Crippen LogP contribution >= 0.6 is 23.2 Å². The predicted octanol–water partition coefficient (Wildman–Crippen LogP) is 4.27. The van der Waals surface area contributed by atoms with Gasteiger partial charge in [-0.3, -0.25) is 19.8 Å². The molecule has 1 atom stereocenters. The third-order valence-corrected chi connectivity index (χ3v) is 5.61. The Balaban J connectivity index is 1.84. The lowest BCUT2D eigenvalue weighted by Crippen LogP contribution is -2.50. The van der Waals surface area contributed by atoms with Crippen molar-refractivity contribution in [3.63, 3.8) is 0 Å². The number of benzene rings is 2. The summed E-state index contributed by atoms with van der Waals surface area (Å²) >= 11 is 11.7. The second-order valence-corrected chi connectivity index (χ2v) is 7.80. The first-order chi connectivity index (χ1) is 14.5. The number of piperazine rings is 1. The standard InChI is InChI=1S/C19H17Cl2F3N4O3/c20-12-3-1-11(2-4-12)17(18(25)29)27-7-5-26(6-8-27)15-10-14(21)13(19(22,23)24)9-16(15)28(30)31/h1-4,9-10,17H,5-8H2,(H2,25,29)/t17-/m1/s1. The topological polar surface area (TPSA) is 92.7 Å².